The number of aliphatic hydroxyl groups is 1. The SMILES string of the molecule is CN[C@@H](C)C(=O)N[C@H](C(=O)N1C[C@@H](O)C[C@H]1Cc1c[nH]c2nccc(NC(=O)C3CCC(=O)O3)c12)[C@@H](C)OC. The van der Waals surface area contributed by atoms with Crippen LogP contribution in [0, 0.1) is 0 Å². The number of pyridine rings is 1. The van der Waals surface area contributed by atoms with E-state index in [-0.39, 0.29) is 30.8 Å². The van der Waals surface area contributed by atoms with E-state index in [9.17, 15) is 24.3 Å². The molecular weight excluding hydrogens is 508 g/mol. The van der Waals surface area contributed by atoms with Crippen molar-refractivity contribution in [2.75, 3.05) is 26.0 Å². The molecule has 2 aromatic heterocycles. The van der Waals surface area contributed by atoms with Crippen molar-refractivity contribution in [3.05, 3.63) is 24.0 Å². The zero-order valence-electron chi connectivity index (χ0n) is 22.5. The monoisotopic (exact) mass is 544 g/mol. The van der Waals surface area contributed by atoms with Gasteiger partial charge in [0.15, 0.2) is 6.10 Å². The molecule has 13 heteroatoms. The molecule has 2 fully saturated rings. The van der Waals surface area contributed by atoms with E-state index in [0.717, 1.165) is 5.56 Å². The Morgan fingerprint density at radius 3 is 2.77 bits per heavy atom. The number of hydrogen-bond acceptors (Lipinski definition) is 9. The van der Waals surface area contributed by atoms with E-state index in [2.05, 4.69) is 25.9 Å². The summed E-state index contributed by atoms with van der Waals surface area (Å²) in [5.74, 6) is -1.51. The third-order valence-corrected chi connectivity index (χ3v) is 7.45. The van der Waals surface area contributed by atoms with Crippen molar-refractivity contribution < 1.29 is 33.8 Å². The molecule has 13 nitrogen and oxygen atoms in total. The van der Waals surface area contributed by atoms with Crippen LogP contribution in [0.3, 0.4) is 0 Å². The summed E-state index contributed by atoms with van der Waals surface area (Å²) in [5.41, 5.74) is 1.83. The second-order valence-electron chi connectivity index (χ2n) is 10.1. The number of nitrogens with zero attached hydrogens (tertiary/aromatic N) is 2. The molecule has 212 valence electrons. The molecule has 5 N–H and O–H groups in total. The molecule has 0 spiro atoms. The van der Waals surface area contributed by atoms with Gasteiger partial charge in [-0.2, -0.15) is 0 Å². The highest BCUT2D eigenvalue weighted by Crippen LogP contribution is 2.31. The Labute approximate surface area is 226 Å². The molecule has 2 aliphatic heterocycles. The van der Waals surface area contributed by atoms with Gasteiger partial charge in [-0.3, -0.25) is 19.2 Å². The number of aromatic amines is 1. The van der Waals surface area contributed by atoms with E-state index in [4.69, 9.17) is 9.47 Å². The summed E-state index contributed by atoms with van der Waals surface area (Å²) in [6, 6.07) is -0.171. The number of likely N-dealkylation sites (tertiary alicyclic amines) is 1. The lowest BCUT2D eigenvalue weighted by molar-refractivity contribution is -0.146. The van der Waals surface area contributed by atoms with Crippen molar-refractivity contribution in [3.8, 4) is 0 Å². The summed E-state index contributed by atoms with van der Waals surface area (Å²) in [6.07, 6.45) is 2.36. The number of β-amino-alcohol motifs (C(OH)–C–C–N with tert-alkyl or cyclic N) is 1. The number of hydrogen-bond donors (Lipinski definition) is 5. The van der Waals surface area contributed by atoms with Gasteiger partial charge in [0.2, 0.25) is 11.8 Å². The Kier molecular flexibility index (Phi) is 8.83. The fourth-order valence-electron chi connectivity index (χ4n) is 5.03. The van der Waals surface area contributed by atoms with Gasteiger partial charge in [0.25, 0.3) is 5.91 Å². The Morgan fingerprint density at radius 1 is 1.33 bits per heavy atom. The molecule has 2 aromatic rings. The summed E-state index contributed by atoms with van der Waals surface area (Å²) in [5, 5.41) is 19.7. The van der Waals surface area contributed by atoms with Gasteiger partial charge < -0.3 is 40.4 Å². The average molecular weight is 545 g/mol. The molecule has 0 aliphatic carbocycles. The van der Waals surface area contributed by atoms with Crippen molar-refractivity contribution in [1.29, 1.82) is 0 Å². The summed E-state index contributed by atoms with van der Waals surface area (Å²) in [4.78, 5) is 59.5. The molecule has 39 heavy (non-hydrogen) atoms. The fraction of sp³-hybridized carbons (Fsp3) is 0.577. The normalized spacial score (nSPS) is 23.4. The van der Waals surface area contributed by atoms with E-state index in [1.54, 1.807) is 44.3 Å². The van der Waals surface area contributed by atoms with Gasteiger partial charge in [0.05, 0.1) is 23.9 Å². The number of carbonyl (C=O) groups is 4. The maximum atomic E-state index is 13.7. The lowest BCUT2D eigenvalue weighted by Crippen LogP contribution is -2.58. The van der Waals surface area contributed by atoms with Gasteiger partial charge in [0.1, 0.15) is 11.7 Å². The summed E-state index contributed by atoms with van der Waals surface area (Å²) in [7, 11) is 3.12. The largest absolute Gasteiger partial charge is 0.452 e. The van der Waals surface area contributed by atoms with Crippen LogP contribution >= 0.6 is 0 Å². The van der Waals surface area contributed by atoms with E-state index >= 15 is 0 Å². The van der Waals surface area contributed by atoms with Crippen LogP contribution < -0.4 is 16.0 Å². The van der Waals surface area contributed by atoms with Crippen LogP contribution in [0.5, 0.6) is 0 Å². The number of likely N-dealkylation sites (N-methyl/N-ethyl adjacent to an activating group) is 1. The van der Waals surface area contributed by atoms with Crippen LogP contribution in [-0.2, 0) is 35.1 Å². The molecule has 0 aromatic carbocycles. The molecule has 4 rings (SSSR count). The third kappa shape index (κ3) is 6.21. The second kappa shape index (κ2) is 12.1. The Bertz CT molecular complexity index is 1230. The number of aromatic nitrogens is 2. The van der Waals surface area contributed by atoms with Crippen molar-refractivity contribution >= 4 is 40.4 Å². The Morgan fingerprint density at radius 2 is 2.10 bits per heavy atom. The quantitative estimate of drug-likeness (QED) is 0.255. The number of rotatable bonds is 10. The van der Waals surface area contributed by atoms with E-state index in [1.807, 2.05) is 0 Å². The van der Waals surface area contributed by atoms with Gasteiger partial charge in [-0.1, -0.05) is 0 Å². The zero-order valence-corrected chi connectivity index (χ0v) is 22.5. The number of H-pyrrole nitrogens is 1. The van der Waals surface area contributed by atoms with Crippen molar-refractivity contribution in [3.63, 3.8) is 0 Å². The zero-order chi connectivity index (χ0) is 28.3. The van der Waals surface area contributed by atoms with E-state index < -0.39 is 42.3 Å². The number of carbonyl (C=O) groups excluding carboxylic acids is 4. The Hall–Kier alpha value is -3.55. The minimum absolute atomic E-state index is 0.116. The smallest absolute Gasteiger partial charge is 0.306 e. The molecule has 2 saturated heterocycles. The molecule has 3 amide bonds. The average Bonchev–Trinajstić information content (AvgIpc) is 3.64. The maximum Gasteiger partial charge on any atom is 0.306 e. The first-order valence-corrected chi connectivity index (χ1v) is 13.1. The van der Waals surface area contributed by atoms with Crippen LogP contribution in [0.2, 0.25) is 0 Å². The van der Waals surface area contributed by atoms with Crippen LogP contribution in [0.15, 0.2) is 18.5 Å². The molecule has 0 radical (unpaired) electrons. The fourth-order valence-corrected chi connectivity index (χ4v) is 5.03. The highest BCUT2D eigenvalue weighted by Gasteiger charge is 2.40. The number of aliphatic hydroxyl groups excluding tert-OH is 1. The van der Waals surface area contributed by atoms with E-state index in [1.165, 1.54) is 7.11 Å². The summed E-state index contributed by atoms with van der Waals surface area (Å²) < 4.78 is 10.5. The van der Waals surface area contributed by atoms with E-state index in [0.29, 0.717) is 36.0 Å². The topological polar surface area (TPSA) is 175 Å². The van der Waals surface area contributed by atoms with Gasteiger partial charge in [0, 0.05) is 50.3 Å². The van der Waals surface area contributed by atoms with Gasteiger partial charge in [-0.15, -0.1) is 0 Å². The lowest BCUT2D eigenvalue weighted by Gasteiger charge is -2.32. The van der Waals surface area contributed by atoms with Crippen LogP contribution in [0.1, 0.15) is 38.7 Å². The minimum Gasteiger partial charge on any atom is -0.452 e. The standard InChI is InChI=1S/C26H36N6O7/c1-13(27-3)24(35)31-22(14(2)38-4)26(37)32-12-17(33)10-16(32)9-15-11-29-23-21(15)18(7-8-28-23)30-25(36)19-5-6-20(34)39-19/h7-8,11,13-14,16-17,19,22,27,33H,5-6,9-10,12H2,1-4H3,(H,31,35)(H2,28,29,30,36)/t13-,14+,16+,17-,19?,22-/m0/s1. The van der Waals surface area contributed by atoms with Crippen LogP contribution in [0.4, 0.5) is 5.69 Å². The van der Waals surface area contributed by atoms with Gasteiger partial charge >= 0.3 is 5.97 Å². The number of esters is 1. The van der Waals surface area contributed by atoms with Crippen molar-refractivity contribution in [2.24, 2.45) is 0 Å². The number of ether oxygens (including phenoxy) is 2. The highest BCUT2D eigenvalue weighted by atomic mass is 16.6. The summed E-state index contributed by atoms with van der Waals surface area (Å²) >= 11 is 0. The molecular formula is C26H36N6O7. The van der Waals surface area contributed by atoms with Gasteiger partial charge in [-0.05, 0) is 45.4 Å². The van der Waals surface area contributed by atoms with Crippen LogP contribution in [0.25, 0.3) is 11.0 Å². The molecule has 4 heterocycles. The molecule has 2 aliphatic rings. The van der Waals surface area contributed by atoms with Gasteiger partial charge in [-0.25, -0.2) is 4.98 Å². The number of nitrogens with one attached hydrogen (secondary N) is 4. The number of amides is 3. The predicted molar refractivity (Wildman–Crippen MR) is 141 cm³/mol. The lowest BCUT2D eigenvalue weighted by atomic mass is 10.0. The first-order chi connectivity index (χ1) is 18.6. The highest BCUT2D eigenvalue weighted by molar-refractivity contribution is 6.04. The third-order valence-electron chi connectivity index (χ3n) is 7.45. The molecule has 1 unspecified atom stereocenters. The van der Waals surface area contributed by atoms with Crippen molar-refractivity contribution in [1.82, 2.24) is 25.5 Å². The number of anilines is 1. The molecule has 0 bridgehead atoms. The molecule has 6 atom stereocenters. The number of cyclic esters (lactones) is 1. The second-order valence-corrected chi connectivity index (χ2v) is 10.1. The Balaban J connectivity index is 1.56. The maximum absolute atomic E-state index is 13.7. The number of methoxy groups -OCH3 is 1. The van der Waals surface area contributed by atoms with Crippen LogP contribution in [-0.4, -0.2) is 101 Å². The minimum atomic E-state index is -0.945. The van der Waals surface area contributed by atoms with Crippen molar-refractivity contribution in [2.45, 2.75) is 76.0 Å². The first kappa shape index (κ1) is 28.5. The molecule has 0 saturated carbocycles. The predicted octanol–water partition coefficient (Wildman–Crippen LogP) is -0.161. The summed E-state index contributed by atoms with van der Waals surface area (Å²) in [6.45, 7) is 3.51. The first-order valence-electron chi connectivity index (χ1n) is 13.1. The number of fused-ring (bicyclic) bond motifs is 1.